The number of para-hydroxylation sites is 1. The molecule has 2 atom stereocenters. The molecule has 1 heterocycles. The topological polar surface area (TPSA) is 144 Å². The number of fused-ring (bicyclic) bond motifs is 1. The lowest BCUT2D eigenvalue weighted by molar-refractivity contribution is -0.134. The van der Waals surface area contributed by atoms with E-state index in [1.54, 1.807) is 27.0 Å². The van der Waals surface area contributed by atoms with E-state index in [4.69, 9.17) is 5.41 Å². The third-order valence-electron chi connectivity index (χ3n) is 6.18. The van der Waals surface area contributed by atoms with E-state index in [0.29, 0.717) is 6.21 Å². The van der Waals surface area contributed by atoms with E-state index in [2.05, 4.69) is 20.9 Å². The van der Waals surface area contributed by atoms with Crippen molar-refractivity contribution in [3.8, 4) is 0 Å². The van der Waals surface area contributed by atoms with Gasteiger partial charge in [-0.1, -0.05) is 69.3 Å². The minimum atomic E-state index is -1.02. The molecule has 1 aromatic heterocycles. The first kappa shape index (κ1) is 28.3. The summed E-state index contributed by atoms with van der Waals surface area (Å²) in [5.41, 5.74) is 1.91. The number of Topliss-reactive ketones (excluding diaryl/α,β-unsaturated/α-hetero) is 1. The van der Waals surface area contributed by atoms with Gasteiger partial charge in [0.2, 0.25) is 17.7 Å². The van der Waals surface area contributed by atoms with E-state index in [0.717, 1.165) is 22.0 Å². The number of ketones is 1. The Hall–Kier alpha value is -4.27. The molecule has 3 aromatic rings. The first-order chi connectivity index (χ1) is 18.1. The summed E-state index contributed by atoms with van der Waals surface area (Å²) in [6.07, 6.45) is 2.66. The molecule has 9 nitrogen and oxygen atoms in total. The molecular weight excluding hydrogens is 482 g/mol. The number of carbonyl (C=O) groups is 4. The van der Waals surface area contributed by atoms with Crippen LogP contribution in [0.25, 0.3) is 10.9 Å². The smallest absolute Gasteiger partial charge is 0.243 e. The third kappa shape index (κ3) is 7.86. The number of carbonyl (C=O) groups excluding carboxylic acids is 4. The Kier molecular flexibility index (Phi) is 9.54. The van der Waals surface area contributed by atoms with Crippen LogP contribution in [0, 0.1) is 10.8 Å². The highest BCUT2D eigenvalue weighted by molar-refractivity contribution is 6.26. The quantitative estimate of drug-likeness (QED) is 0.235. The van der Waals surface area contributed by atoms with Gasteiger partial charge in [-0.2, -0.15) is 0 Å². The van der Waals surface area contributed by atoms with E-state index in [1.165, 1.54) is 0 Å². The molecule has 0 spiro atoms. The molecule has 0 bridgehead atoms. The highest BCUT2D eigenvalue weighted by atomic mass is 16.2. The van der Waals surface area contributed by atoms with Crippen molar-refractivity contribution in [3.05, 3.63) is 71.9 Å². The van der Waals surface area contributed by atoms with Crippen molar-refractivity contribution < 1.29 is 19.2 Å². The number of H-pyrrole nitrogens is 1. The van der Waals surface area contributed by atoms with Crippen LogP contribution in [0.15, 0.2) is 60.8 Å². The zero-order valence-corrected chi connectivity index (χ0v) is 22.0. The molecule has 0 radical (unpaired) electrons. The summed E-state index contributed by atoms with van der Waals surface area (Å²) in [5, 5.41) is 16.5. The van der Waals surface area contributed by atoms with Crippen molar-refractivity contribution in [3.63, 3.8) is 0 Å². The second-order valence-corrected chi connectivity index (χ2v) is 10.3. The van der Waals surface area contributed by atoms with Gasteiger partial charge in [-0.3, -0.25) is 19.2 Å². The van der Waals surface area contributed by atoms with Gasteiger partial charge in [-0.05, 0) is 23.6 Å². The molecular formula is C29H35N5O4. The lowest BCUT2D eigenvalue weighted by Crippen LogP contribution is -2.55. The molecule has 0 aliphatic carbocycles. The number of amides is 3. The van der Waals surface area contributed by atoms with Crippen molar-refractivity contribution in [2.45, 2.75) is 58.7 Å². The van der Waals surface area contributed by atoms with E-state index < -0.39 is 35.1 Å². The van der Waals surface area contributed by atoms with Crippen LogP contribution < -0.4 is 16.0 Å². The Morgan fingerprint density at radius 1 is 0.921 bits per heavy atom. The second-order valence-electron chi connectivity index (χ2n) is 10.3. The van der Waals surface area contributed by atoms with Gasteiger partial charge in [0.1, 0.15) is 12.1 Å². The molecule has 3 amide bonds. The number of benzene rings is 2. The fraction of sp³-hybridized carbons (Fsp3) is 0.345. The summed E-state index contributed by atoms with van der Waals surface area (Å²) in [4.78, 5) is 54.4. The van der Waals surface area contributed by atoms with Gasteiger partial charge in [0.15, 0.2) is 5.78 Å². The second kappa shape index (κ2) is 12.8. The Labute approximate surface area is 222 Å². The maximum atomic E-state index is 13.5. The lowest BCUT2D eigenvalue weighted by Gasteiger charge is -2.26. The Bertz CT molecular complexity index is 1290. The maximum absolute atomic E-state index is 13.5. The third-order valence-corrected chi connectivity index (χ3v) is 6.18. The van der Waals surface area contributed by atoms with Crippen LogP contribution in [0.2, 0.25) is 0 Å². The van der Waals surface area contributed by atoms with Crippen molar-refractivity contribution in [1.82, 2.24) is 20.9 Å². The largest absolute Gasteiger partial charge is 0.361 e. The molecule has 0 unspecified atom stereocenters. The number of rotatable bonds is 12. The molecule has 0 saturated heterocycles. The number of aromatic amines is 1. The van der Waals surface area contributed by atoms with Gasteiger partial charge in [-0.15, -0.1) is 0 Å². The Balaban J connectivity index is 1.80. The molecule has 3 rings (SSSR count). The first-order valence-electron chi connectivity index (χ1n) is 12.6. The number of nitrogens with one attached hydrogen (secondary N) is 5. The summed E-state index contributed by atoms with van der Waals surface area (Å²) in [5.74, 6) is -1.74. The van der Waals surface area contributed by atoms with Crippen LogP contribution >= 0.6 is 0 Å². The molecule has 9 heteroatoms. The van der Waals surface area contributed by atoms with Crippen LogP contribution in [0.3, 0.4) is 0 Å². The molecule has 0 fully saturated rings. The van der Waals surface area contributed by atoms with Crippen LogP contribution in [0.5, 0.6) is 0 Å². The minimum absolute atomic E-state index is 0.0214. The predicted octanol–water partition coefficient (Wildman–Crippen LogP) is 3.04. The average Bonchev–Trinajstić information content (AvgIpc) is 3.31. The number of hydrogen-bond acceptors (Lipinski definition) is 5. The molecule has 0 aliphatic heterocycles. The van der Waals surface area contributed by atoms with Crippen molar-refractivity contribution in [2.75, 3.05) is 0 Å². The monoisotopic (exact) mass is 517 g/mol. The molecule has 38 heavy (non-hydrogen) atoms. The molecule has 0 aliphatic rings. The summed E-state index contributed by atoms with van der Waals surface area (Å²) >= 11 is 0. The highest BCUT2D eigenvalue weighted by Gasteiger charge is 2.31. The zero-order valence-electron chi connectivity index (χ0n) is 22.0. The lowest BCUT2D eigenvalue weighted by atomic mass is 9.94. The molecule has 0 saturated carbocycles. The molecule has 200 valence electrons. The molecule has 5 N–H and O–H groups in total. The zero-order chi connectivity index (χ0) is 27.7. The van der Waals surface area contributed by atoms with Crippen molar-refractivity contribution in [1.29, 1.82) is 5.41 Å². The van der Waals surface area contributed by atoms with Crippen LogP contribution in [0.1, 0.15) is 44.7 Å². The number of hydrogen-bond donors (Lipinski definition) is 5. The SMILES string of the molecule is CC(C)(C)C(=O)N[C@@H](Cc1c[nH]c2ccccc12)C(=O)N[C@@H](CCC(=O)C=N)C(=O)NCc1ccccc1. The predicted molar refractivity (Wildman–Crippen MR) is 147 cm³/mol. The van der Waals surface area contributed by atoms with Crippen molar-refractivity contribution in [2.24, 2.45) is 5.41 Å². The number of aromatic nitrogens is 1. The van der Waals surface area contributed by atoms with Gasteiger partial charge in [0.05, 0.1) is 6.21 Å². The first-order valence-corrected chi connectivity index (χ1v) is 12.6. The minimum Gasteiger partial charge on any atom is -0.361 e. The van der Waals surface area contributed by atoms with Crippen LogP contribution in [-0.4, -0.2) is 46.8 Å². The summed E-state index contributed by atoms with van der Waals surface area (Å²) in [6.45, 7) is 5.52. The molecule has 2 aromatic carbocycles. The van der Waals surface area contributed by atoms with E-state index in [1.807, 2.05) is 54.6 Å². The van der Waals surface area contributed by atoms with Crippen LogP contribution in [0.4, 0.5) is 0 Å². The summed E-state index contributed by atoms with van der Waals surface area (Å²) in [7, 11) is 0. The van der Waals surface area contributed by atoms with Gasteiger partial charge in [0.25, 0.3) is 0 Å². The Morgan fingerprint density at radius 3 is 2.29 bits per heavy atom. The van der Waals surface area contributed by atoms with E-state index in [9.17, 15) is 19.2 Å². The van der Waals surface area contributed by atoms with Gasteiger partial charge in [-0.25, -0.2) is 0 Å². The van der Waals surface area contributed by atoms with Gasteiger partial charge >= 0.3 is 0 Å². The fourth-order valence-electron chi connectivity index (χ4n) is 3.91. The summed E-state index contributed by atoms with van der Waals surface area (Å²) < 4.78 is 0. The van der Waals surface area contributed by atoms with Gasteiger partial charge in [0, 0.05) is 41.9 Å². The maximum Gasteiger partial charge on any atom is 0.243 e. The average molecular weight is 518 g/mol. The standard InChI is InChI=1S/C29H35N5O4/c1-29(2,3)28(38)34-25(15-20-18-31-23-12-8-7-11-22(20)23)27(37)33-24(14-13-21(35)16-30)26(36)32-17-19-9-5-4-6-10-19/h4-12,16,18,24-25,30-31H,13-15,17H2,1-3H3,(H,32,36)(H,33,37)(H,34,38)/t24-,25-/m0/s1. The van der Waals surface area contributed by atoms with Crippen molar-refractivity contribution >= 4 is 40.6 Å². The summed E-state index contributed by atoms with van der Waals surface area (Å²) in [6, 6.07) is 15.0. The normalized spacial score (nSPS) is 12.8. The van der Waals surface area contributed by atoms with E-state index in [-0.39, 0.29) is 31.7 Å². The fourth-order valence-corrected chi connectivity index (χ4v) is 3.91. The van der Waals surface area contributed by atoms with Gasteiger partial charge < -0.3 is 26.3 Å². The van der Waals surface area contributed by atoms with Crippen LogP contribution in [-0.2, 0) is 32.1 Å². The Morgan fingerprint density at radius 2 is 1.61 bits per heavy atom. The van der Waals surface area contributed by atoms with E-state index >= 15 is 0 Å². The highest BCUT2D eigenvalue weighted by Crippen LogP contribution is 2.20.